The fourth-order valence-electron chi connectivity index (χ4n) is 3.10. The van der Waals surface area contributed by atoms with Crippen LogP contribution in [0.1, 0.15) is 15.2 Å². The number of amides is 2. The molecule has 31 heavy (non-hydrogen) atoms. The van der Waals surface area contributed by atoms with Crippen LogP contribution in [0.3, 0.4) is 0 Å². The number of rotatable bonds is 5. The van der Waals surface area contributed by atoms with E-state index in [1.165, 1.54) is 24.5 Å². The zero-order valence-corrected chi connectivity index (χ0v) is 17.2. The van der Waals surface area contributed by atoms with Crippen molar-refractivity contribution in [3.63, 3.8) is 0 Å². The first-order valence-electron chi connectivity index (χ1n) is 9.33. The summed E-state index contributed by atoms with van der Waals surface area (Å²) in [4.78, 5) is 42.9. The third kappa shape index (κ3) is 4.22. The molecule has 4 aromatic rings. The van der Waals surface area contributed by atoms with Gasteiger partial charge >= 0.3 is 0 Å². The molecular weight excluding hydrogens is 419 g/mol. The van der Waals surface area contributed by atoms with Gasteiger partial charge in [-0.15, -0.1) is 11.3 Å². The number of halogens is 1. The molecule has 0 unspecified atom stereocenters. The topological polar surface area (TPSA) is 93.1 Å². The van der Waals surface area contributed by atoms with E-state index in [1.807, 2.05) is 6.07 Å². The molecule has 2 amide bonds. The highest BCUT2D eigenvalue weighted by atomic mass is 32.1. The van der Waals surface area contributed by atoms with Crippen molar-refractivity contribution in [3.05, 3.63) is 87.5 Å². The second-order valence-electron chi connectivity index (χ2n) is 6.76. The highest BCUT2D eigenvalue weighted by molar-refractivity contribution is 7.20. The van der Waals surface area contributed by atoms with Gasteiger partial charge in [0.25, 0.3) is 11.5 Å². The summed E-state index contributed by atoms with van der Waals surface area (Å²) in [6.45, 7) is 1.34. The third-order valence-electron chi connectivity index (χ3n) is 4.62. The van der Waals surface area contributed by atoms with Crippen LogP contribution in [0.4, 0.5) is 15.8 Å². The van der Waals surface area contributed by atoms with Crippen molar-refractivity contribution >= 4 is 44.7 Å². The van der Waals surface area contributed by atoms with Crippen molar-refractivity contribution in [2.45, 2.75) is 13.5 Å². The Labute approximate surface area is 180 Å². The van der Waals surface area contributed by atoms with Crippen LogP contribution >= 0.6 is 11.3 Å². The van der Waals surface area contributed by atoms with E-state index in [1.54, 1.807) is 37.3 Å². The minimum Gasteiger partial charge on any atom is -0.322 e. The average molecular weight is 436 g/mol. The highest BCUT2D eigenvalue weighted by Gasteiger charge is 2.20. The van der Waals surface area contributed by atoms with Crippen molar-refractivity contribution in [1.82, 2.24) is 9.55 Å². The summed E-state index contributed by atoms with van der Waals surface area (Å²) in [5, 5.41) is 5.51. The van der Waals surface area contributed by atoms with Gasteiger partial charge < -0.3 is 10.6 Å². The van der Waals surface area contributed by atoms with Crippen molar-refractivity contribution in [1.29, 1.82) is 0 Å². The number of thiophene rings is 1. The number of fused-ring (bicyclic) bond motifs is 1. The van der Waals surface area contributed by atoms with Gasteiger partial charge in [-0.3, -0.25) is 19.0 Å². The number of nitrogens with one attached hydrogen (secondary N) is 2. The number of benzene rings is 2. The second kappa shape index (κ2) is 8.49. The molecule has 2 heterocycles. The monoisotopic (exact) mass is 436 g/mol. The number of nitrogens with zero attached hydrogens (tertiary/aromatic N) is 2. The maximum Gasteiger partial charge on any atom is 0.266 e. The molecule has 2 aromatic heterocycles. The fraction of sp³-hybridized carbons (Fsp3) is 0.0909. The molecule has 4 rings (SSSR count). The Morgan fingerprint density at radius 3 is 2.52 bits per heavy atom. The lowest BCUT2D eigenvalue weighted by molar-refractivity contribution is -0.116. The zero-order chi connectivity index (χ0) is 22.0. The van der Waals surface area contributed by atoms with Gasteiger partial charge in [0, 0.05) is 5.69 Å². The van der Waals surface area contributed by atoms with Crippen LogP contribution in [0.15, 0.2) is 65.7 Å². The summed E-state index contributed by atoms with van der Waals surface area (Å²) in [7, 11) is 0. The molecule has 0 radical (unpaired) electrons. The number of hydrogen-bond acceptors (Lipinski definition) is 5. The van der Waals surface area contributed by atoms with Crippen LogP contribution in [-0.4, -0.2) is 21.4 Å². The Morgan fingerprint density at radius 1 is 1.06 bits per heavy atom. The van der Waals surface area contributed by atoms with Gasteiger partial charge in [0.2, 0.25) is 5.91 Å². The molecule has 0 fully saturated rings. The maximum absolute atomic E-state index is 13.7. The fourth-order valence-corrected chi connectivity index (χ4v) is 4.14. The van der Waals surface area contributed by atoms with Crippen LogP contribution in [0.2, 0.25) is 0 Å². The van der Waals surface area contributed by atoms with E-state index in [0.717, 1.165) is 15.9 Å². The largest absolute Gasteiger partial charge is 0.322 e. The van der Waals surface area contributed by atoms with Crippen molar-refractivity contribution in [2.24, 2.45) is 0 Å². The lowest BCUT2D eigenvalue weighted by Crippen LogP contribution is -2.28. The number of aromatic nitrogens is 2. The minimum atomic E-state index is -0.570. The normalized spacial score (nSPS) is 10.8. The quantitative estimate of drug-likeness (QED) is 0.498. The van der Waals surface area contributed by atoms with E-state index in [2.05, 4.69) is 15.6 Å². The lowest BCUT2D eigenvalue weighted by atomic mass is 10.2. The van der Waals surface area contributed by atoms with Gasteiger partial charge in [0.05, 0.1) is 22.3 Å². The van der Waals surface area contributed by atoms with E-state index < -0.39 is 17.3 Å². The maximum atomic E-state index is 13.7. The highest BCUT2D eigenvalue weighted by Crippen LogP contribution is 2.27. The summed E-state index contributed by atoms with van der Waals surface area (Å²) in [5.41, 5.74) is 0.719. The van der Waals surface area contributed by atoms with Crippen molar-refractivity contribution < 1.29 is 14.0 Å². The van der Waals surface area contributed by atoms with Crippen LogP contribution in [0.5, 0.6) is 0 Å². The second-order valence-corrected chi connectivity index (χ2v) is 7.76. The van der Waals surface area contributed by atoms with Crippen molar-refractivity contribution in [2.75, 3.05) is 10.6 Å². The predicted octanol–water partition coefficient (Wildman–Crippen LogP) is 3.80. The molecule has 7 nitrogen and oxygen atoms in total. The van der Waals surface area contributed by atoms with Crippen molar-refractivity contribution in [3.8, 4) is 0 Å². The molecule has 0 atom stereocenters. The summed E-state index contributed by atoms with van der Waals surface area (Å²) < 4.78 is 14.9. The van der Waals surface area contributed by atoms with Crippen LogP contribution in [0, 0.1) is 12.7 Å². The number of carbonyl (C=O) groups is 2. The van der Waals surface area contributed by atoms with E-state index in [0.29, 0.717) is 21.0 Å². The number of carbonyl (C=O) groups excluding carboxylic acids is 2. The smallest absolute Gasteiger partial charge is 0.266 e. The van der Waals surface area contributed by atoms with Gasteiger partial charge in [0.1, 0.15) is 17.2 Å². The van der Waals surface area contributed by atoms with Crippen LogP contribution in [0.25, 0.3) is 10.2 Å². The molecule has 0 aliphatic carbocycles. The zero-order valence-electron chi connectivity index (χ0n) is 16.4. The van der Waals surface area contributed by atoms with Gasteiger partial charge in [-0.05, 0) is 36.8 Å². The lowest BCUT2D eigenvalue weighted by Gasteiger charge is -2.08. The first-order valence-corrected chi connectivity index (χ1v) is 10.1. The third-order valence-corrected chi connectivity index (χ3v) is 5.82. The molecule has 0 saturated carbocycles. The number of aryl methyl sites for hydroxylation is 1. The number of hydrogen-bond donors (Lipinski definition) is 2. The Morgan fingerprint density at radius 2 is 1.77 bits per heavy atom. The number of anilines is 2. The van der Waals surface area contributed by atoms with Gasteiger partial charge in [-0.1, -0.05) is 30.3 Å². The van der Waals surface area contributed by atoms with Gasteiger partial charge in [-0.25, -0.2) is 9.37 Å². The summed E-state index contributed by atoms with van der Waals surface area (Å²) in [6.07, 6.45) is 1.25. The molecule has 9 heteroatoms. The van der Waals surface area contributed by atoms with E-state index in [4.69, 9.17) is 0 Å². The molecule has 2 aromatic carbocycles. The predicted molar refractivity (Wildman–Crippen MR) is 118 cm³/mol. The molecule has 0 saturated heterocycles. The SMILES string of the molecule is Cc1c(C(=O)Nc2ccccc2)sc2ncn(CC(=O)Nc3ccccc3F)c(=O)c12. The molecular formula is C22H17FN4O3S. The summed E-state index contributed by atoms with van der Waals surface area (Å²) in [5.74, 6) is -1.47. The standard InChI is InChI=1S/C22H17FN4O3S/c1-13-18-21(31-19(13)20(29)25-14-7-3-2-4-8-14)24-12-27(22(18)30)11-17(28)26-16-10-6-5-9-15(16)23/h2-10,12H,11H2,1H3,(H,25,29)(H,26,28). The molecule has 0 spiro atoms. The average Bonchev–Trinajstić information content (AvgIpc) is 3.10. The van der Waals surface area contributed by atoms with Gasteiger partial charge in [-0.2, -0.15) is 0 Å². The van der Waals surface area contributed by atoms with E-state index in [9.17, 15) is 18.8 Å². The molecule has 2 N–H and O–H groups in total. The summed E-state index contributed by atoms with van der Waals surface area (Å²) in [6, 6.07) is 14.7. The molecule has 0 bridgehead atoms. The van der Waals surface area contributed by atoms with E-state index >= 15 is 0 Å². The van der Waals surface area contributed by atoms with Crippen LogP contribution in [-0.2, 0) is 11.3 Å². The first kappa shape index (κ1) is 20.4. The molecule has 156 valence electrons. The molecule has 0 aliphatic rings. The van der Waals surface area contributed by atoms with E-state index in [-0.39, 0.29) is 23.5 Å². The Kier molecular flexibility index (Phi) is 5.59. The Hall–Kier alpha value is -3.85. The first-order chi connectivity index (χ1) is 14.9. The number of para-hydroxylation sites is 2. The Bertz CT molecular complexity index is 1350. The summed E-state index contributed by atoms with van der Waals surface area (Å²) >= 11 is 1.11. The Balaban J connectivity index is 1.59. The molecule has 0 aliphatic heterocycles. The minimum absolute atomic E-state index is 0.0289. The van der Waals surface area contributed by atoms with Gasteiger partial charge in [0.15, 0.2) is 0 Å². The van der Waals surface area contributed by atoms with Crippen LogP contribution < -0.4 is 16.2 Å².